The fraction of sp³-hybridized carbons (Fsp3) is 0.400. The topological polar surface area (TPSA) is 35.2 Å². The van der Waals surface area contributed by atoms with Crippen LogP contribution in [0.25, 0.3) is 0 Å². The third kappa shape index (κ3) is 3.43. The van der Waals surface area contributed by atoms with Crippen LogP contribution in [0.3, 0.4) is 0 Å². The number of rotatable bonds is 3. The number of benzene rings is 1. The van der Waals surface area contributed by atoms with E-state index in [-0.39, 0.29) is 5.75 Å². The van der Waals surface area contributed by atoms with Crippen molar-refractivity contribution in [3.8, 4) is 5.75 Å². The summed E-state index contributed by atoms with van der Waals surface area (Å²) in [4.78, 5) is 0. The van der Waals surface area contributed by atoms with Gasteiger partial charge in [-0.15, -0.1) is 13.2 Å². The first kappa shape index (κ1) is 11.8. The van der Waals surface area contributed by atoms with Crippen molar-refractivity contribution in [2.24, 2.45) is 5.73 Å². The normalized spacial score (nSPS) is 13.7. The molecule has 0 heterocycles. The molecule has 15 heavy (non-hydrogen) atoms. The molecular weight excluding hydrogens is 207 g/mol. The quantitative estimate of drug-likeness (QED) is 0.848. The van der Waals surface area contributed by atoms with E-state index in [4.69, 9.17) is 5.73 Å². The SMILES string of the molecule is CC[C@@H](N)c1ccccc1OC(F)(F)F. The van der Waals surface area contributed by atoms with Crippen LogP contribution in [0.5, 0.6) is 5.75 Å². The summed E-state index contributed by atoms with van der Waals surface area (Å²) >= 11 is 0. The van der Waals surface area contributed by atoms with Gasteiger partial charge in [0.25, 0.3) is 0 Å². The number of alkyl halides is 3. The minimum Gasteiger partial charge on any atom is -0.405 e. The Morgan fingerprint density at radius 3 is 2.47 bits per heavy atom. The van der Waals surface area contributed by atoms with Gasteiger partial charge in [-0.1, -0.05) is 25.1 Å². The van der Waals surface area contributed by atoms with Gasteiger partial charge < -0.3 is 10.5 Å². The van der Waals surface area contributed by atoms with Crippen molar-refractivity contribution in [3.63, 3.8) is 0 Å². The van der Waals surface area contributed by atoms with E-state index < -0.39 is 12.4 Å². The van der Waals surface area contributed by atoms with Crippen molar-refractivity contribution in [2.75, 3.05) is 0 Å². The molecule has 0 unspecified atom stereocenters. The van der Waals surface area contributed by atoms with Gasteiger partial charge in [0.05, 0.1) is 0 Å². The van der Waals surface area contributed by atoms with E-state index in [9.17, 15) is 13.2 Å². The van der Waals surface area contributed by atoms with Crippen LogP contribution >= 0.6 is 0 Å². The molecule has 0 aromatic heterocycles. The lowest BCUT2D eigenvalue weighted by atomic mass is 10.0. The molecule has 0 aliphatic carbocycles. The summed E-state index contributed by atoms with van der Waals surface area (Å²) < 4.78 is 40.0. The van der Waals surface area contributed by atoms with Gasteiger partial charge in [-0.2, -0.15) is 0 Å². The monoisotopic (exact) mass is 219 g/mol. The Hall–Kier alpha value is -1.23. The first-order chi connectivity index (χ1) is 6.94. The van der Waals surface area contributed by atoms with Gasteiger partial charge in [0.15, 0.2) is 0 Å². The standard InChI is InChI=1S/C10H12F3NO/c1-2-8(14)7-5-3-4-6-9(7)15-10(11,12)13/h3-6,8H,2,14H2,1H3/t8-/m1/s1. The van der Waals surface area contributed by atoms with E-state index in [0.29, 0.717) is 12.0 Å². The van der Waals surface area contributed by atoms with Crippen LogP contribution < -0.4 is 10.5 Å². The minimum absolute atomic E-state index is 0.223. The summed E-state index contributed by atoms with van der Waals surface area (Å²) in [6, 6.07) is 5.47. The highest BCUT2D eigenvalue weighted by molar-refractivity contribution is 5.35. The number of ether oxygens (including phenoxy) is 1. The highest BCUT2D eigenvalue weighted by Crippen LogP contribution is 2.30. The lowest BCUT2D eigenvalue weighted by Crippen LogP contribution is -2.20. The summed E-state index contributed by atoms with van der Waals surface area (Å²) in [5.41, 5.74) is 6.04. The highest BCUT2D eigenvalue weighted by Gasteiger charge is 2.32. The van der Waals surface area contributed by atoms with E-state index in [2.05, 4.69) is 4.74 Å². The Kier molecular flexibility index (Phi) is 3.57. The predicted octanol–water partition coefficient (Wildman–Crippen LogP) is 3.00. The average molecular weight is 219 g/mol. The zero-order valence-electron chi connectivity index (χ0n) is 8.21. The lowest BCUT2D eigenvalue weighted by molar-refractivity contribution is -0.275. The number of halogens is 3. The fourth-order valence-corrected chi connectivity index (χ4v) is 1.22. The first-order valence-corrected chi connectivity index (χ1v) is 4.54. The number of nitrogens with two attached hydrogens (primary N) is 1. The van der Waals surface area contributed by atoms with Crippen LogP contribution in [0.4, 0.5) is 13.2 Å². The van der Waals surface area contributed by atoms with E-state index in [0.717, 1.165) is 0 Å². The predicted molar refractivity (Wildman–Crippen MR) is 50.3 cm³/mol. The van der Waals surface area contributed by atoms with Gasteiger partial charge in [-0.25, -0.2) is 0 Å². The van der Waals surface area contributed by atoms with Gasteiger partial charge in [0, 0.05) is 11.6 Å². The largest absolute Gasteiger partial charge is 0.573 e. The fourth-order valence-electron chi connectivity index (χ4n) is 1.22. The van der Waals surface area contributed by atoms with Crippen molar-refractivity contribution in [1.82, 2.24) is 0 Å². The van der Waals surface area contributed by atoms with Crippen LogP contribution in [0.1, 0.15) is 24.9 Å². The zero-order chi connectivity index (χ0) is 11.5. The summed E-state index contributed by atoms with van der Waals surface area (Å²) in [5, 5.41) is 0. The molecule has 0 fully saturated rings. The summed E-state index contributed by atoms with van der Waals surface area (Å²) in [6.45, 7) is 1.80. The van der Waals surface area contributed by atoms with Gasteiger partial charge in [0.1, 0.15) is 5.75 Å². The molecule has 0 amide bonds. The van der Waals surface area contributed by atoms with E-state index in [1.807, 2.05) is 0 Å². The minimum atomic E-state index is -4.68. The number of hydrogen-bond acceptors (Lipinski definition) is 2. The maximum atomic E-state index is 12.0. The Bertz CT molecular complexity index is 325. The molecule has 0 spiro atoms. The van der Waals surface area contributed by atoms with E-state index in [1.54, 1.807) is 13.0 Å². The Balaban J connectivity index is 2.96. The molecule has 1 aromatic carbocycles. The average Bonchev–Trinajstić information content (AvgIpc) is 2.15. The third-order valence-electron chi connectivity index (χ3n) is 1.98. The van der Waals surface area contributed by atoms with Crippen LogP contribution in [0, 0.1) is 0 Å². The van der Waals surface area contributed by atoms with Gasteiger partial charge in [-0.05, 0) is 12.5 Å². The number of hydrogen-bond donors (Lipinski definition) is 1. The second kappa shape index (κ2) is 4.53. The molecule has 0 saturated heterocycles. The molecule has 1 atom stereocenters. The molecular formula is C10H12F3NO. The van der Waals surface area contributed by atoms with Gasteiger partial charge in [-0.3, -0.25) is 0 Å². The first-order valence-electron chi connectivity index (χ1n) is 4.54. The summed E-state index contributed by atoms with van der Waals surface area (Å²) in [7, 11) is 0. The molecule has 0 aliphatic rings. The molecule has 5 heteroatoms. The van der Waals surface area contributed by atoms with Crippen molar-refractivity contribution >= 4 is 0 Å². The van der Waals surface area contributed by atoms with E-state index >= 15 is 0 Å². The van der Waals surface area contributed by atoms with E-state index in [1.165, 1.54) is 18.2 Å². The van der Waals surface area contributed by atoms with Crippen molar-refractivity contribution < 1.29 is 17.9 Å². The Labute approximate surface area is 85.8 Å². The molecule has 84 valence electrons. The second-order valence-corrected chi connectivity index (χ2v) is 3.10. The van der Waals surface area contributed by atoms with Crippen LogP contribution in [-0.4, -0.2) is 6.36 Å². The molecule has 1 aromatic rings. The van der Waals surface area contributed by atoms with Crippen LogP contribution in [0.2, 0.25) is 0 Å². The van der Waals surface area contributed by atoms with Gasteiger partial charge >= 0.3 is 6.36 Å². The molecule has 2 nitrogen and oxygen atoms in total. The van der Waals surface area contributed by atoms with Crippen molar-refractivity contribution in [2.45, 2.75) is 25.7 Å². The van der Waals surface area contributed by atoms with Gasteiger partial charge in [0.2, 0.25) is 0 Å². The second-order valence-electron chi connectivity index (χ2n) is 3.10. The van der Waals surface area contributed by atoms with Crippen LogP contribution in [0.15, 0.2) is 24.3 Å². The smallest absolute Gasteiger partial charge is 0.405 e. The zero-order valence-corrected chi connectivity index (χ0v) is 8.21. The molecule has 1 rings (SSSR count). The highest BCUT2D eigenvalue weighted by atomic mass is 19.4. The summed E-state index contributed by atoms with van der Waals surface area (Å²) in [6.07, 6.45) is -4.12. The Morgan fingerprint density at radius 1 is 1.33 bits per heavy atom. The Morgan fingerprint density at radius 2 is 1.93 bits per heavy atom. The molecule has 2 N–H and O–H groups in total. The summed E-state index contributed by atoms with van der Waals surface area (Å²) in [5.74, 6) is -0.223. The number of para-hydroxylation sites is 1. The van der Waals surface area contributed by atoms with Crippen molar-refractivity contribution in [1.29, 1.82) is 0 Å². The van der Waals surface area contributed by atoms with Crippen molar-refractivity contribution in [3.05, 3.63) is 29.8 Å². The maximum Gasteiger partial charge on any atom is 0.573 e. The molecule has 0 aliphatic heterocycles. The maximum absolute atomic E-state index is 12.0. The van der Waals surface area contributed by atoms with Crippen LogP contribution in [-0.2, 0) is 0 Å². The molecule has 0 saturated carbocycles. The third-order valence-corrected chi connectivity index (χ3v) is 1.98. The lowest BCUT2D eigenvalue weighted by Gasteiger charge is -2.16. The molecule has 0 radical (unpaired) electrons. The molecule has 0 bridgehead atoms.